The molecule has 2 N–H and O–H groups in total. The molecule has 1 aliphatic rings. The van der Waals surface area contributed by atoms with E-state index in [9.17, 15) is 4.79 Å². The monoisotopic (exact) mass is 388 g/mol. The summed E-state index contributed by atoms with van der Waals surface area (Å²) in [6.45, 7) is 3.54. The van der Waals surface area contributed by atoms with Gasteiger partial charge in [0, 0.05) is 30.6 Å². The summed E-state index contributed by atoms with van der Waals surface area (Å²) in [5, 5.41) is 0. The van der Waals surface area contributed by atoms with E-state index in [1.807, 2.05) is 29.2 Å². The van der Waals surface area contributed by atoms with Gasteiger partial charge in [0.1, 0.15) is 11.6 Å². The first-order chi connectivity index (χ1) is 13.1. The number of nitrogens with two attached hydrogens (primary N) is 1. The molecule has 0 saturated heterocycles. The van der Waals surface area contributed by atoms with Gasteiger partial charge < -0.3 is 19.9 Å². The summed E-state index contributed by atoms with van der Waals surface area (Å²) in [4.78, 5) is 19.6. The van der Waals surface area contributed by atoms with E-state index < -0.39 is 6.04 Å². The Hall–Kier alpha value is -1.99. The van der Waals surface area contributed by atoms with Crippen molar-refractivity contribution in [2.45, 2.75) is 44.8 Å². The third kappa shape index (κ3) is 4.14. The van der Waals surface area contributed by atoms with Gasteiger partial charge in [-0.15, -0.1) is 0 Å². The molecule has 1 amide bonds. The summed E-state index contributed by atoms with van der Waals surface area (Å²) in [5.74, 6) is 2.08. The van der Waals surface area contributed by atoms with Crippen molar-refractivity contribution in [1.82, 2.24) is 14.5 Å². The number of carbonyl (C=O) groups is 1. The molecule has 0 aliphatic carbocycles. The zero-order valence-corrected chi connectivity index (χ0v) is 16.9. The maximum atomic E-state index is 12.8. The Morgan fingerprint density at radius 3 is 2.74 bits per heavy atom. The van der Waals surface area contributed by atoms with Crippen LogP contribution in [0.3, 0.4) is 0 Å². The fourth-order valence-corrected chi connectivity index (χ4v) is 3.68. The number of thiol groups is 1. The number of imidazole rings is 1. The Balaban J connectivity index is 1.92. The molecule has 0 radical (unpaired) electrons. The molecule has 3 rings (SSSR count). The molecule has 7 heteroatoms. The number of hydrogen-bond donors (Lipinski definition) is 2. The molecular weight excluding hydrogens is 360 g/mol. The van der Waals surface area contributed by atoms with Gasteiger partial charge in [-0.3, -0.25) is 4.79 Å². The summed E-state index contributed by atoms with van der Waals surface area (Å²) in [6, 6.07) is 7.28. The summed E-state index contributed by atoms with van der Waals surface area (Å²) < 4.78 is 7.41. The van der Waals surface area contributed by atoms with Crippen LogP contribution in [0, 0.1) is 0 Å². The Labute approximate surface area is 166 Å². The Kier molecular flexibility index (Phi) is 6.44. The highest BCUT2D eigenvalue weighted by Gasteiger charge is 2.34. The number of rotatable bonds is 7. The second-order valence-electron chi connectivity index (χ2n) is 6.88. The lowest BCUT2D eigenvalue weighted by atomic mass is 10.0. The minimum absolute atomic E-state index is 0.0358. The number of unbranched alkanes of at least 4 members (excludes halogenated alkanes) is 1. The van der Waals surface area contributed by atoms with Crippen molar-refractivity contribution in [3.63, 3.8) is 0 Å². The normalized spacial score (nSPS) is 17.5. The minimum Gasteiger partial charge on any atom is -0.497 e. The van der Waals surface area contributed by atoms with Gasteiger partial charge in [0.2, 0.25) is 5.91 Å². The van der Waals surface area contributed by atoms with E-state index >= 15 is 0 Å². The maximum Gasteiger partial charge on any atom is 0.241 e. The number of nitrogens with zero attached hydrogens (tertiary/aromatic N) is 3. The Morgan fingerprint density at radius 2 is 2.11 bits per heavy atom. The van der Waals surface area contributed by atoms with Gasteiger partial charge in [-0.2, -0.15) is 12.6 Å². The van der Waals surface area contributed by atoms with Crippen LogP contribution in [0.15, 0.2) is 30.5 Å². The van der Waals surface area contributed by atoms with Gasteiger partial charge in [-0.1, -0.05) is 19.8 Å². The molecule has 0 bridgehead atoms. The SMILES string of the molecule is CCCCC1c2nc(-c3ccc(OC)cc3)cn2CCN1C(=O)C(N)CS. The lowest BCUT2D eigenvalue weighted by Gasteiger charge is -2.37. The highest BCUT2D eigenvalue weighted by atomic mass is 32.1. The van der Waals surface area contributed by atoms with Crippen molar-refractivity contribution < 1.29 is 9.53 Å². The Bertz CT molecular complexity index is 775. The van der Waals surface area contributed by atoms with E-state index in [-0.39, 0.29) is 11.9 Å². The van der Waals surface area contributed by atoms with Crippen LogP contribution < -0.4 is 10.5 Å². The van der Waals surface area contributed by atoms with E-state index in [0.29, 0.717) is 12.3 Å². The number of hydrogen-bond acceptors (Lipinski definition) is 5. The lowest BCUT2D eigenvalue weighted by molar-refractivity contribution is -0.136. The van der Waals surface area contributed by atoms with Crippen molar-refractivity contribution in [3.05, 3.63) is 36.3 Å². The van der Waals surface area contributed by atoms with Crippen LogP contribution in [0.1, 0.15) is 38.1 Å². The average Bonchev–Trinajstić information content (AvgIpc) is 3.15. The van der Waals surface area contributed by atoms with Crippen LogP contribution in [0.25, 0.3) is 11.3 Å². The number of aromatic nitrogens is 2. The molecule has 2 aromatic rings. The van der Waals surface area contributed by atoms with Crippen LogP contribution in [0.5, 0.6) is 5.75 Å². The van der Waals surface area contributed by atoms with Crippen molar-refractivity contribution in [3.8, 4) is 17.0 Å². The third-order valence-electron chi connectivity index (χ3n) is 5.08. The van der Waals surface area contributed by atoms with Crippen molar-refractivity contribution in [2.75, 3.05) is 19.4 Å². The summed E-state index contributed by atoms with van der Waals surface area (Å²) in [5.41, 5.74) is 7.93. The molecule has 0 spiro atoms. The number of methoxy groups -OCH3 is 1. The van der Waals surface area contributed by atoms with Crippen LogP contribution in [-0.2, 0) is 11.3 Å². The van der Waals surface area contributed by atoms with Crippen LogP contribution in [0.4, 0.5) is 0 Å². The molecule has 27 heavy (non-hydrogen) atoms. The summed E-state index contributed by atoms with van der Waals surface area (Å²) >= 11 is 4.19. The molecule has 2 unspecified atom stereocenters. The molecule has 0 fully saturated rings. The van der Waals surface area contributed by atoms with Gasteiger partial charge in [0.25, 0.3) is 0 Å². The predicted molar refractivity (Wildman–Crippen MR) is 110 cm³/mol. The number of carbonyl (C=O) groups excluding carboxylic acids is 1. The van der Waals surface area contributed by atoms with E-state index in [0.717, 1.165) is 48.6 Å². The average molecular weight is 389 g/mol. The molecule has 1 aromatic heterocycles. The van der Waals surface area contributed by atoms with Gasteiger partial charge in [0.05, 0.1) is 24.9 Å². The highest BCUT2D eigenvalue weighted by Crippen LogP contribution is 2.32. The third-order valence-corrected chi connectivity index (χ3v) is 5.47. The smallest absolute Gasteiger partial charge is 0.241 e. The van der Waals surface area contributed by atoms with Crippen molar-refractivity contribution in [1.29, 1.82) is 0 Å². The van der Waals surface area contributed by atoms with Gasteiger partial charge in [-0.25, -0.2) is 4.98 Å². The predicted octanol–water partition coefficient (Wildman–Crippen LogP) is 2.89. The van der Waals surface area contributed by atoms with Crippen LogP contribution in [-0.4, -0.2) is 45.8 Å². The number of ether oxygens (including phenoxy) is 1. The van der Waals surface area contributed by atoms with Crippen LogP contribution >= 0.6 is 12.6 Å². The van der Waals surface area contributed by atoms with E-state index in [1.54, 1.807) is 7.11 Å². The summed E-state index contributed by atoms with van der Waals surface area (Å²) in [7, 11) is 1.66. The number of amides is 1. The number of fused-ring (bicyclic) bond motifs is 1. The molecule has 1 aromatic carbocycles. The second kappa shape index (κ2) is 8.80. The van der Waals surface area contributed by atoms with Gasteiger partial charge in [-0.05, 0) is 30.7 Å². The summed E-state index contributed by atoms with van der Waals surface area (Å²) in [6.07, 6.45) is 5.08. The van der Waals surface area contributed by atoms with E-state index in [1.165, 1.54) is 0 Å². The fourth-order valence-electron chi connectivity index (χ4n) is 3.52. The topological polar surface area (TPSA) is 73.4 Å². The molecule has 146 valence electrons. The van der Waals surface area contributed by atoms with Gasteiger partial charge in [0.15, 0.2) is 0 Å². The zero-order chi connectivity index (χ0) is 19.4. The van der Waals surface area contributed by atoms with E-state index in [4.69, 9.17) is 15.5 Å². The van der Waals surface area contributed by atoms with Crippen molar-refractivity contribution in [2.24, 2.45) is 5.73 Å². The maximum absolute atomic E-state index is 12.8. The molecule has 0 saturated carbocycles. The molecule has 6 nitrogen and oxygen atoms in total. The number of benzene rings is 1. The largest absolute Gasteiger partial charge is 0.497 e. The molecule has 2 atom stereocenters. The van der Waals surface area contributed by atoms with Crippen LogP contribution in [0.2, 0.25) is 0 Å². The van der Waals surface area contributed by atoms with Crippen molar-refractivity contribution >= 4 is 18.5 Å². The van der Waals surface area contributed by atoms with E-state index in [2.05, 4.69) is 30.3 Å². The standard InChI is InChI=1S/C20H28N4O2S/c1-3-4-5-18-19-22-17(14-6-8-15(26-2)9-7-14)12-23(19)10-11-24(18)20(25)16(21)13-27/h6-9,12,16,18,27H,3-5,10-11,13,21H2,1-2H3. The highest BCUT2D eigenvalue weighted by molar-refractivity contribution is 7.80. The fraction of sp³-hybridized carbons (Fsp3) is 0.500. The molecule has 1 aliphatic heterocycles. The molecular formula is C20H28N4O2S. The zero-order valence-electron chi connectivity index (χ0n) is 16.0. The second-order valence-corrected chi connectivity index (χ2v) is 7.25. The lowest BCUT2D eigenvalue weighted by Crippen LogP contribution is -2.50. The minimum atomic E-state index is -0.569. The Morgan fingerprint density at radius 1 is 1.37 bits per heavy atom. The van der Waals surface area contributed by atoms with Gasteiger partial charge >= 0.3 is 0 Å². The first-order valence-corrected chi connectivity index (χ1v) is 10.1. The first kappa shape index (κ1) is 19.8. The molecule has 2 heterocycles. The first-order valence-electron chi connectivity index (χ1n) is 9.47. The quantitative estimate of drug-likeness (QED) is 0.716.